The summed E-state index contributed by atoms with van der Waals surface area (Å²) in [5, 5.41) is 3.49. The number of amides is 2. The van der Waals surface area contributed by atoms with E-state index in [1.165, 1.54) is 0 Å². The van der Waals surface area contributed by atoms with Crippen LogP contribution in [0.3, 0.4) is 0 Å². The van der Waals surface area contributed by atoms with Crippen LogP contribution in [0.4, 0.5) is 0 Å². The van der Waals surface area contributed by atoms with Crippen molar-refractivity contribution < 1.29 is 14.3 Å². The molecule has 0 spiro atoms. The molecule has 0 aliphatic heterocycles. The van der Waals surface area contributed by atoms with Gasteiger partial charge in [0.25, 0.3) is 5.91 Å². The maximum atomic E-state index is 12.9. The molecule has 0 bridgehead atoms. The van der Waals surface area contributed by atoms with E-state index in [1.807, 2.05) is 24.3 Å². The number of carbonyl (C=O) groups is 2. The third kappa shape index (κ3) is 7.71. The average molecular weight is 482 g/mol. The van der Waals surface area contributed by atoms with Gasteiger partial charge < -0.3 is 15.0 Å². The minimum atomic E-state index is -0.618. The Kier molecular flexibility index (Phi) is 9.48. The second-order valence-corrected chi connectivity index (χ2v) is 8.07. The van der Waals surface area contributed by atoms with Crippen molar-refractivity contribution in [3.63, 3.8) is 0 Å². The summed E-state index contributed by atoms with van der Waals surface area (Å²) in [6.07, 6.45) is 1.89. The molecule has 0 unspecified atom stereocenters. The molecule has 0 aromatic heterocycles. The van der Waals surface area contributed by atoms with Gasteiger partial charge in [-0.25, -0.2) is 0 Å². The van der Waals surface area contributed by atoms with Gasteiger partial charge in [0.15, 0.2) is 6.61 Å². The lowest BCUT2D eigenvalue weighted by Gasteiger charge is -2.28. The highest BCUT2D eigenvalue weighted by Crippen LogP contribution is 2.18. The third-order valence-corrected chi connectivity index (χ3v) is 5.16. The number of hydrogen-bond acceptors (Lipinski definition) is 3. The van der Waals surface area contributed by atoms with Crippen LogP contribution in [-0.2, 0) is 16.1 Å². The first kappa shape index (κ1) is 23.2. The van der Waals surface area contributed by atoms with Crippen LogP contribution in [0, 0.1) is 0 Å². The number of benzene rings is 2. The molecule has 156 valence electrons. The summed E-state index contributed by atoms with van der Waals surface area (Å²) in [6.45, 7) is 4.54. The molecule has 0 fully saturated rings. The van der Waals surface area contributed by atoms with Crippen LogP contribution in [-0.4, -0.2) is 35.9 Å². The minimum Gasteiger partial charge on any atom is -0.484 e. The van der Waals surface area contributed by atoms with Crippen LogP contribution >= 0.6 is 27.5 Å². The molecule has 2 aromatic carbocycles. The number of carbonyl (C=O) groups excluding carboxylic acids is 2. The van der Waals surface area contributed by atoms with Crippen molar-refractivity contribution in [3.8, 4) is 5.75 Å². The lowest BCUT2D eigenvalue weighted by molar-refractivity contribution is -0.142. The summed E-state index contributed by atoms with van der Waals surface area (Å²) in [6, 6.07) is 13.9. The third-order valence-electron chi connectivity index (χ3n) is 4.41. The molecule has 5 nitrogen and oxygen atoms in total. The SMILES string of the molecule is CCCCNC(=O)[C@@H](C)N(Cc1cccc(Br)c1)C(=O)COc1ccc(Cl)cc1. The molecule has 0 heterocycles. The van der Waals surface area contributed by atoms with Crippen molar-refractivity contribution in [2.45, 2.75) is 39.3 Å². The summed E-state index contributed by atoms with van der Waals surface area (Å²) in [5.41, 5.74) is 0.924. The number of unbranched alkanes of at least 4 members (excludes halogenated alkanes) is 1. The lowest BCUT2D eigenvalue weighted by atomic mass is 10.1. The Morgan fingerprint density at radius 2 is 1.93 bits per heavy atom. The molecule has 29 heavy (non-hydrogen) atoms. The van der Waals surface area contributed by atoms with Crippen LogP contribution in [0.1, 0.15) is 32.3 Å². The Labute approximate surface area is 185 Å². The van der Waals surface area contributed by atoms with Crippen LogP contribution < -0.4 is 10.1 Å². The van der Waals surface area contributed by atoms with Gasteiger partial charge in [-0.3, -0.25) is 9.59 Å². The molecule has 2 amide bonds. The second-order valence-electron chi connectivity index (χ2n) is 6.71. The van der Waals surface area contributed by atoms with E-state index in [0.717, 1.165) is 22.9 Å². The topological polar surface area (TPSA) is 58.6 Å². The molecule has 0 aliphatic carbocycles. The Morgan fingerprint density at radius 1 is 1.21 bits per heavy atom. The van der Waals surface area contributed by atoms with Gasteiger partial charge in [-0.2, -0.15) is 0 Å². The van der Waals surface area contributed by atoms with Gasteiger partial charge in [0, 0.05) is 22.6 Å². The van der Waals surface area contributed by atoms with E-state index in [1.54, 1.807) is 36.1 Å². The fourth-order valence-electron chi connectivity index (χ4n) is 2.71. The summed E-state index contributed by atoms with van der Waals surface area (Å²) in [4.78, 5) is 27.0. The van der Waals surface area contributed by atoms with E-state index in [2.05, 4.69) is 28.2 Å². The first-order valence-corrected chi connectivity index (χ1v) is 10.8. The highest BCUT2D eigenvalue weighted by molar-refractivity contribution is 9.10. The van der Waals surface area contributed by atoms with Crippen LogP contribution in [0.25, 0.3) is 0 Å². The average Bonchev–Trinajstić information content (AvgIpc) is 2.71. The Bertz CT molecular complexity index is 814. The Balaban J connectivity index is 2.10. The molecule has 1 N–H and O–H groups in total. The highest BCUT2D eigenvalue weighted by atomic mass is 79.9. The smallest absolute Gasteiger partial charge is 0.261 e. The number of hydrogen-bond donors (Lipinski definition) is 1. The van der Waals surface area contributed by atoms with Crippen LogP contribution in [0.15, 0.2) is 53.0 Å². The summed E-state index contributed by atoms with van der Waals surface area (Å²) >= 11 is 9.32. The minimum absolute atomic E-state index is 0.164. The van der Waals surface area contributed by atoms with E-state index in [0.29, 0.717) is 23.9 Å². The highest BCUT2D eigenvalue weighted by Gasteiger charge is 2.26. The van der Waals surface area contributed by atoms with E-state index < -0.39 is 6.04 Å². The Morgan fingerprint density at radius 3 is 2.59 bits per heavy atom. The van der Waals surface area contributed by atoms with Gasteiger partial charge >= 0.3 is 0 Å². The molecule has 0 aliphatic rings. The van der Waals surface area contributed by atoms with Gasteiger partial charge in [0.2, 0.25) is 5.91 Å². The fourth-order valence-corrected chi connectivity index (χ4v) is 3.28. The number of halogens is 2. The van der Waals surface area contributed by atoms with E-state index >= 15 is 0 Å². The van der Waals surface area contributed by atoms with Crippen LogP contribution in [0.5, 0.6) is 5.75 Å². The van der Waals surface area contributed by atoms with E-state index in [-0.39, 0.29) is 18.4 Å². The molecule has 0 radical (unpaired) electrons. The predicted octanol–water partition coefficient (Wildman–Crippen LogP) is 4.81. The summed E-state index contributed by atoms with van der Waals surface area (Å²) in [7, 11) is 0. The van der Waals surface area contributed by atoms with Gasteiger partial charge in [0.1, 0.15) is 11.8 Å². The maximum absolute atomic E-state index is 12.9. The van der Waals surface area contributed by atoms with Crippen molar-refractivity contribution in [1.82, 2.24) is 10.2 Å². The number of ether oxygens (including phenoxy) is 1. The van der Waals surface area contributed by atoms with Gasteiger partial charge in [0.05, 0.1) is 0 Å². The molecule has 2 rings (SSSR count). The molecule has 0 saturated carbocycles. The van der Waals surface area contributed by atoms with Crippen molar-refractivity contribution >= 4 is 39.3 Å². The fraction of sp³-hybridized carbons (Fsp3) is 0.364. The van der Waals surface area contributed by atoms with E-state index in [4.69, 9.17) is 16.3 Å². The van der Waals surface area contributed by atoms with Crippen molar-refractivity contribution in [2.75, 3.05) is 13.2 Å². The molecular formula is C22H26BrClN2O3. The summed E-state index contributed by atoms with van der Waals surface area (Å²) < 4.78 is 6.52. The zero-order valence-corrected chi connectivity index (χ0v) is 19.0. The number of nitrogens with one attached hydrogen (secondary N) is 1. The van der Waals surface area contributed by atoms with Gasteiger partial charge in [-0.1, -0.05) is 53.0 Å². The summed E-state index contributed by atoms with van der Waals surface area (Å²) in [5.74, 6) is 0.108. The number of nitrogens with zero attached hydrogens (tertiary/aromatic N) is 1. The first-order chi connectivity index (χ1) is 13.9. The largest absolute Gasteiger partial charge is 0.484 e. The molecule has 0 saturated heterocycles. The zero-order valence-electron chi connectivity index (χ0n) is 16.7. The maximum Gasteiger partial charge on any atom is 0.261 e. The predicted molar refractivity (Wildman–Crippen MR) is 119 cm³/mol. The lowest BCUT2D eigenvalue weighted by Crippen LogP contribution is -2.49. The molecular weight excluding hydrogens is 456 g/mol. The van der Waals surface area contributed by atoms with Crippen molar-refractivity contribution in [3.05, 3.63) is 63.6 Å². The monoisotopic (exact) mass is 480 g/mol. The van der Waals surface area contributed by atoms with Crippen molar-refractivity contribution in [1.29, 1.82) is 0 Å². The zero-order chi connectivity index (χ0) is 21.2. The van der Waals surface area contributed by atoms with Gasteiger partial charge in [-0.05, 0) is 55.3 Å². The normalized spacial score (nSPS) is 11.6. The number of rotatable bonds is 10. The standard InChI is InChI=1S/C22H26BrClN2O3/c1-3-4-12-25-22(28)16(2)26(14-17-6-5-7-18(23)13-17)21(27)15-29-20-10-8-19(24)9-11-20/h5-11,13,16H,3-4,12,14-15H2,1-2H3,(H,25,28)/t16-/m1/s1. The molecule has 1 atom stereocenters. The van der Waals surface area contributed by atoms with Gasteiger partial charge in [-0.15, -0.1) is 0 Å². The van der Waals surface area contributed by atoms with E-state index in [9.17, 15) is 9.59 Å². The first-order valence-electron chi connectivity index (χ1n) is 9.60. The Hall–Kier alpha value is -2.05. The van der Waals surface area contributed by atoms with Crippen LogP contribution in [0.2, 0.25) is 5.02 Å². The second kappa shape index (κ2) is 11.8. The molecule has 7 heteroatoms. The molecule has 2 aromatic rings. The van der Waals surface area contributed by atoms with Crippen molar-refractivity contribution in [2.24, 2.45) is 0 Å². The quantitative estimate of drug-likeness (QED) is 0.495.